The molecule has 0 radical (unpaired) electrons. The van der Waals surface area contributed by atoms with E-state index in [-0.39, 0.29) is 11.6 Å². The standard InChI is InChI=1S/C15H12BrFO/c16-15-12(7-4-8-13(15)17)9-10-14(18)11-5-2-1-3-6-11/h1-8H,9-10H2. The van der Waals surface area contributed by atoms with Crippen LogP contribution in [0.4, 0.5) is 4.39 Å². The van der Waals surface area contributed by atoms with E-state index >= 15 is 0 Å². The van der Waals surface area contributed by atoms with Crippen molar-refractivity contribution in [3.63, 3.8) is 0 Å². The van der Waals surface area contributed by atoms with Gasteiger partial charge in [-0.1, -0.05) is 42.5 Å². The van der Waals surface area contributed by atoms with Crippen molar-refractivity contribution in [1.29, 1.82) is 0 Å². The molecule has 1 nitrogen and oxygen atoms in total. The van der Waals surface area contributed by atoms with Gasteiger partial charge in [0.1, 0.15) is 5.82 Å². The predicted octanol–water partition coefficient (Wildman–Crippen LogP) is 4.40. The minimum atomic E-state index is -0.292. The molecule has 92 valence electrons. The predicted molar refractivity (Wildman–Crippen MR) is 73.2 cm³/mol. The quantitative estimate of drug-likeness (QED) is 0.765. The lowest BCUT2D eigenvalue weighted by atomic mass is 10.0. The van der Waals surface area contributed by atoms with Crippen LogP contribution in [0.1, 0.15) is 22.3 Å². The Labute approximate surface area is 114 Å². The van der Waals surface area contributed by atoms with Crippen LogP contribution in [-0.4, -0.2) is 5.78 Å². The van der Waals surface area contributed by atoms with Gasteiger partial charge in [-0.2, -0.15) is 0 Å². The summed E-state index contributed by atoms with van der Waals surface area (Å²) in [4.78, 5) is 11.9. The Balaban J connectivity index is 2.04. The molecule has 2 aromatic rings. The monoisotopic (exact) mass is 306 g/mol. The van der Waals surface area contributed by atoms with Gasteiger partial charge in [0, 0.05) is 12.0 Å². The molecule has 0 amide bonds. The van der Waals surface area contributed by atoms with Gasteiger partial charge in [-0.3, -0.25) is 4.79 Å². The van der Waals surface area contributed by atoms with E-state index in [1.807, 2.05) is 24.3 Å². The third-order valence-electron chi connectivity index (χ3n) is 2.75. The van der Waals surface area contributed by atoms with Crippen LogP contribution >= 0.6 is 15.9 Å². The van der Waals surface area contributed by atoms with Gasteiger partial charge in [-0.05, 0) is 34.0 Å². The second-order valence-corrected chi connectivity index (χ2v) is 4.80. The van der Waals surface area contributed by atoms with Crippen LogP contribution in [0, 0.1) is 5.82 Å². The molecule has 2 aromatic carbocycles. The fraction of sp³-hybridized carbons (Fsp3) is 0.133. The number of hydrogen-bond donors (Lipinski definition) is 0. The third kappa shape index (κ3) is 3.05. The Morgan fingerprint density at radius 2 is 1.78 bits per heavy atom. The highest BCUT2D eigenvalue weighted by molar-refractivity contribution is 9.10. The first-order chi connectivity index (χ1) is 8.68. The van der Waals surface area contributed by atoms with Gasteiger partial charge < -0.3 is 0 Å². The van der Waals surface area contributed by atoms with Crippen molar-refractivity contribution in [2.45, 2.75) is 12.8 Å². The van der Waals surface area contributed by atoms with Gasteiger partial charge in [0.25, 0.3) is 0 Å². The van der Waals surface area contributed by atoms with Gasteiger partial charge in [-0.15, -0.1) is 0 Å². The highest BCUT2D eigenvalue weighted by Crippen LogP contribution is 2.22. The van der Waals surface area contributed by atoms with Crippen LogP contribution in [0.3, 0.4) is 0 Å². The molecule has 0 saturated carbocycles. The fourth-order valence-electron chi connectivity index (χ4n) is 1.76. The Hall–Kier alpha value is -1.48. The molecule has 0 aliphatic heterocycles. The number of carbonyl (C=O) groups excluding carboxylic acids is 1. The summed E-state index contributed by atoms with van der Waals surface area (Å²) in [7, 11) is 0. The van der Waals surface area contributed by atoms with Crippen LogP contribution in [0.2, 0.25) is 0 Å². The van der Waals surface area contributed by atoms with Gasteiger partial charge >= 0.3 is 0 Å². The van der Waals surface area contributed by atoms with Gasteiger partial charge in [0.15, 0.2) is 5.78 Å². The smallest absolute Gasteiger partial charge is 0.163 e. The van der Waals surface area contributed by atoms with E-state index in [4.69, 9.17) is 0 Å². The van der Waals surface area contributed by atoms with Gasteiger partial charge in [0.2, 0.25) is 0 Å². The summed E-state index contributed by atoms with van der Waals surface area (Å²) in [6.07, 6.45) is 0.915. The SMILES string of the molecule is O=C(CCc1cccc(F)c1Br)c1ccccc1. The molecule has 0 N–H and O–H groups in total. The molecule has 0 atom stereocenters. The van der Waals surface area contributed by atoms with Crippen molar-refractivity contribution in [3.05, 3.63) is 69.9 Å². The molecule has 0 bridgehead atoms. The number of ketones is 1. The molecule has 0 unspecified atom stereocenters. The number of hydrogen-bond acceptors (Lipinski definition) is 1. The molecular weight excluding hydrogens is 295 g/mol. The van der Waals surface area contributed by atoms with Crippen LogP contribution in [0.15, 0.2) is 53.0 Å². The van der Waals surface area contributed by atoms with Crippen molar-refractivity contribution in [3.8, 4) is 0 Å². The minimum absolute atomic E-state index is 0.0757. The number of halogens is 2. The molecule has 0 saturated heterocycles. The van der Waals surface area contributed by atoms with Crippen LogP contribution < -0.4 is 0 Å². The highest BCUT2D eigenvalue weighted by atomic mass is 79.9. The second kappa shape index (κ2) is 5.91. The fourth-order valence-corrected chi connectivity index (χ4v) is 2.22. The topological polar surface area (TPSA) is 17.1 Å². The first-order valence-electron chi connectivity index (χ1n) is 5.69. The average Bonchev–Trinajstić information content (AvgIpc) is 2.41. The Bertz CT molecular complexity index is 552. The van der Waals surface area contributed by atoms with Gasteiger partial charge in [0.05, 0.1) is 4.47 Å². The first-order valence-corrected chi connectivity index (χ1v) is 6.49. The Morgan fingerprint density at radius 3 is 2.50 bits per heavy atom. The highest BCUT2D eigenvalue weighted by Gasteiger charge is 2.09. The van der Waals surface area contributed by atoms with Crippen molar-refractivity contribution in [2.24, 2.45) is 0 Å². The van der Waals surface area contributed by atoms with Crippen molar-refractivity contribution in [1.82, 2.24) is 0 Å². The maximum Gasteiger partial charge on any atom is 0.163 e. The largest absolute Gasteiger partial charge is 0.294 e. The van der Waals surface area contributed by atoms with Crippen LogP contribution in [-0.2, 0) is 6.42 Å². The number of Topliss-reactive ketones (excluding diaryl/α,β-unsaturated/α-hetero) is 1. The maximum atomic E-state index is 13.3. The second-order valence-electron chi connectivity index (χ2n) is 4.00. The van der Waals surface area contributed by atoms with Crippen LogP contribution in [0.5, 0.6) is 0 Å². The minimum Gasteiger partial charge on any atom is -0.294 e. The summed E-state index contributed by atoms with van der Waals surface area (Å²) < 4.78 is 13.7. The average molecular weight is 307 g/mol. The van der Waals surface area contributed by atoms with Crippen molar-refractivity contribution >= 4 is 21.7 Å². The maximum absolute atomic E-state index is 13.3. The van der Waals surface area contributed by atoms with E-state index in [0.29, 0.717) is 22.9 Å². The molecule has 2 rings (SSSR count). The normalized spacial score (nSPS) is 10.3. The van der Waals surface area contributed by atoms with E-state index in [1.54, 1.807) is 18.2 Å². The lowest BCUT2D eigenvalue weighted by Gasteiger charge is -2.05. The lowest BCUT2D eigenvalue weighted by molar-refractivity contribution is 0.0982. The summed E-state index contributed by atoms with van der Waals surface area (Å²) in [6.45, 7) is 0. The number of carbonyl (C=O) groups is 1. The summed E-state index contributed by atoms with van der Waals surface area (Å²) >= 11 is 3.20. The molecule has 0 spiro atoms. The zero-order valence-electron chi connectivity index (χ0n) is 9.70. The number of aryl methyl sites for hydroxylation is 1. The molecular formula is C15H12BrFO. The summed E-state index contributed by atoms with van der Waals surface area (Å²) in [5.41, 5.74) is 1.52. The zero-order valence-corrected chi connectivity index (χ0v) is 11.3. The molecule has 0 aliphatic rings. The van der Waals surface area contributed by atoms with Crippen LogP contribution in [0.25, 0.3) is 0 Å². The van der Waals surface area contributed by atoms with E-state index in [1.165, 1.54) is 6.07 Å². The molecule has 0 aliphatic carbocycles. The van der Waals surface area contributed by atoms with E-state index in [2.05, 4.69) is 15.9 Å². The molecule has 0 aromatic heterocycles. The summed E-state index contributed by atoms with van der Waals surface area (Å²) in [6, 6.07) is 14.0. The first kappa shape index (κ1) is 13.0. The summed E-state index contributed by atoms with van der Waals surface area (Å²) in [5.74, 6) is -0.216. The van der Waals surface area contributed by atoms with E-state index < -0.39 is 0 Å². The molecule has 18 heavy (non-hydrogen) atoms. The Kier molecular flexibility index (Phi) is 4.26. The zero-order chi connectivity index (χ0) is 13.0. The summed E-state index contributed by atoms with van der Waals surface area (Å²) in [5, 5.41) is 0. The van der Waals surface area contributed by atoms with E-state index in [0.717, 1.165) is 5.56 Å². The van der Waals surface area contributed by atoms with Gasteiger partial charge in [-0.25, -0.2) is 4.39 Å². The molecule has 0 fully saturated rings. The lowest BCUT2D eigenvalue weighted by Crippen LogP contribution is -2.01. The Morgan fingerprint density at radius 1 is 1.06 bits per heavy atom. The molecule has 0 heterocycles. The van der Waals surface area contributed by atoms with Crippen molar-refractivity contribution in [2.75, 3.05) is 0 Å². The van der Waals surface area contributed by atoms with E-state index in [9.17, 15) is 9.18 Å². The number of rotatable bonds is 4. The third-order valence-corrected chi connectivity index (χ3v) is 3.64. The molecule has 3 heteroatoms. The number of benzene rings is 2. The van der Waals surface area contributed by atoms with Crippen molar-refractivity contribution < 1.29 is 9.18 Å².